The van der Waals surface area contributed by atoms with Crippen LogP contribution in [0, 0.1) is 5.92 Å². The van der Waals surface area contributed by atoms with E-state index in [1.54, 1.807) is 17.0 Å². The van der Waals surface area contributed by atoms with Crippen LogP contribution in [0.15, 0.2) is 12.1 Å². The van der Waals surface area contributed by atoms with Gasteiger partial charge in [0.2, 0.25) is 5.91 Å². The Kier molecular flexibility index (Phi) is 7.42. The fraction of sp³-hybridized carbons (Fsp3) is 0.571. The summed E-state index contributed by atoms with van der Waals surface area (Å²) in [6.45, 7) is 4.83. The van der Waals surface area contributed by atoms with Gasteiger partial charge >= 0.3 is 5.97 Å². The van der Waals surface area contributed by atoms with E-state index in [0.29, 0.717) is 49.8 Å². The van der Waals surface area contributed by atoms with Crippen molar-refractivity contribution < 1.29 is 28.6 Å². The van der Waals surface area contributed by atoms with Crippen LogP contribution < -0.4 is 14.8 Å². The van der Waals surface area contributed by atoms with Crippen molar-refractivity contribution in [2.24, 2.45) is 5.92 Å². The van der Waals surface area contributed by atoms with Crippen LogP contribution in [0.4, 0.5) is 5.69 Å². The highest BCUT2D eigenvalue weighted by Crippen LogP contribution is 2.37. The van der Waals surface area contributed by atoms with Crippen molar-refractivity contribution in [1.29, 1.82) is 0 Å². The van der Waals surface area contributed by atoms with Crippen LogP contribution in [0.3, 0.4) is 0 Å². The van der Waals surface area contributed by atoms with E-state index in [-0.39, 0.29) is 16.8 Å². The summed E-state index contributed by atoms with van der Waals surface area (Å²) in [6.07, 6.45) is 2.62. The lowest BCUT2D eigenvalue weighted by Gasteiger charge is -2.34. The number of esters is 1. The van der Waals surface area contributed by atoms with Crippen LogP contribution in [-0.4, -0.2) is 55.1 Å². The van der Waals surface area contributed by atoms with Gasteiger partial charge in [-0.25, -0.2) is 4.79 Å². The predicted octanol–water partition coefficient (Wildman–Crippen LogP) is 3.02. The molecular weight excluding hydrogens is 412 g/mol. The van der Waals surface area contributed by atoms with E-state index >= 15 is 0 Å². The van der Waals surface area contributed by atoms with E-state index < -0.39 is 24.5 Å². The SMILES string of the molecule is CC(C)CC(=O)N1CCCCC1C(=O)OCC(=O)Nc1cc2c(cc1Cl)OCCO2. The summed E-state index contributed by atoms with van der Waals surface area (Å²) < 4.78 is 16.1. The maximum Gasteiger partial charge on any atom is 0.329 e. The number of amides is 2. The van der Waals surface area contributed by atoms with Gasteiger partial charge in [0, 0.05) is 25.1 Å². The van der Waals surface area contributed by atoms with E-state index in [2.05, 4.69) is 5.32 Å². The molecule has 8 nitrogen and oxygen atoms in total. The Morgan fingerprint density at radius 1 is 1.20 bits per heavy atom. The Hall–Kier alpha value is -2.48. The first-order chi connectivity index (χ1) is 14.3. The van der Waals surface area contributed by atoms with Crippen molar-refractivity contribution in [3.05, 3.63) is 17.2 Å². The van der Waals surface area contributed by atoms with Crippen LogP contribution in [-0.2, 0) is 19.1 Å². The molecule has 2 amide bonds. The molecule has 0 aliphatic carbocycles. The lowest BCUT2D eigenvalue weighted by Crippen LogP contribution is -2.49. The molecule has 1 N–H and O–H groups in total. The number of halogens is 1. The molecule has 9 heteroatoms. The zero-order valence-corrected chi connectivity index (χ0v) is 18.0. The summed E-state index contributed by atoms with van der Waals surface area (Å²) in [6, 6.07) is 2.50. The number of rotatable bonds is 6. The Morgan fingerprint density at radius 2 is 1.90 bits per heavy atom. The molecule has 0 saturated carbocycles. The summed E-state index contributed by atoms with van der Waals surface area (Å²) in [5.41, 5.74) is 0.341. The Labute approximate surface area is 180 Å². The zero-order chi connectivity index (χ0) is 21.7. The first kappa shape index (κ1) is 22.2. The lowest BCUT2D eigenvalue weighted by atomic mass is 10.0. The van der Waals surface area contributed by atoms with Crippen LogP contribution in [0.5, 0.6) is 11.5 Å². The molecule has 1 aromatic rings. The average Bonchev–Trinajstić information content (AvgIpc) is 2.72. The second-order valence-corrected chi connectivity index (χ2v) is 8.24. The quantitative estimate of drug-likeness (QED) is 0.686. The van der Waals surface area contributed by atoms with Gasteiger partial charge in [0.25, 0.3) is 5.91 Å². The molecule has 3 rings (SSSR count). The molecule has 2 aliphatic heterocycles. The van der Waals surface area contributed by atoms with Gasteiger partial charge in [0.1, 0.15) is 19.3 Å². The summed E-state index contributed by atoms with van der Waals surface area (Å²) in [5.74, 6) is 0.0587. The first-order valence-electron chi connectivity index (χ1n) is 10.2. The van der Waals surface area contributed by atoms with E-state index in [1.165, 1.54) is 0 Å². The molecule has 0 spiro atoms. The first-order valence-corrected chi connectivity index (χ1v) is 10.6. The number of likely N-dealkylation sites (tertiary alicyclic amines) is 1. The number of fused-ring (bicyclic) bond motifs is 1. The number of carbonyl (C=O) groups excluding carboxylic acids is 3. The summed E-state index contributed by atoms with van der Waals surface area (Å²) in [7, 11) is 0. The molecule has 30 heavy (non-hydrogen) atoms. The molecule has 2 heterocycles. The van der Waals surface area contributed by atoms with Crippen LogP contribution in [0.25, 0.3) is 0 Å². The number of ether oxygens (including phenoxy) is 3. The van der Waals surface area contributed by atoms with E-state index in [4.69, 9.17) is 25.8 Å². The van der Waals surface area contributed by atoms with Crippen molar-refractivity contribution in [2.75, 3.05) is 31.7 Å². The fourth-order valence-electron chi connectivity index (χ4n) is 3.52. The van der Waals surface area contributed by atoms with Gasteiger partial charge in [-0.1, -0.05) is 25.4 Å². The van der Waals surface area contributed by atoms with Crippen molar-refractivity contribution in [1.82, 2.24) is 4.90 Å². The monoisotopic (exact) mass is 438 g/mol. The van der Waals surface area contributed by atoms with Crippen molar-refractivity contribution in [3.8, 4) is 11.5 Å². The van der Waals surface area contributed by atoms with E-state index in [1.807, 2.05) is 13.8 Å². The number of hydrogen-bond donors (Lipinski definition) is 1. The Bertz CT molecular complexity index is 813. The van der Waals surface area contributed by atoms with Gasteiger partial charge in [0.15, 0.2) is 18.1 Å². The van der Waals surface area contributed by atoms with Gasteiger partial charge in [-0.15, -0.1) is 0 Å². The molecule has 1 unspecified atom stereocenters. The number of nitrogens with one attached hydrogen (secondary N) is 1. The topological polar surface area (TPSA) is 94.2 Å². The van der Waals surface area contributed by atoms with Gasteiger partial charge in [0.05, 0.1) is 10.7 Å². The highest BCUT2D eigenvalue weighted by molar-refractivity contribution is 6.34. The molecule has 1 fully saturated rings. The molecule has 1 atom stereocenters. The van der Waals surface area contributed by atoms with Crippen molar-refractivity contribution >= 4 is 35.1 Å². The Morgan fingerprint density at radius 3 is 2.60 bits per heavy atom. The number of anilines is 1. The molecule has 2 aliphatic rings. The summed E-state index contributed by atoms with van der Waals surface area (Å²) in [5, 5.41) is 2.90. The minimum Gasteiger partial charge on any atom is -0.486 e. The van der Waals surface area contributed by atoms with Gasteiger partial charge in [-0.2, -0.15) is 0 Å². The third-order valence-corrected chi connectivity index (χ3v) is 5.24. The van der Waals surface area contributed by atoms with E-state index in [9.17, 15) is 14.4 Å². The molecule has 1 aromatic carbocycles. The zero-order valence-electron chi connectivity index (χ0n) is 17.2. The van der Waals surface area contributed by atoms with Crippen LogP contribution >= 0.6 is 11.6 Å². The molecule has 1 saturated heterocycles. The van der Waals surface area contributed by atoms with Gasteiger partial charge in [-0.05, 0) is 25.2 Å². The molecule has 0 radical (unpaired) electrons. The fourth-order valence-corrected chi connectivity index (χ4v) is 3.72. The van der Waals surface area contributed by atoms with Crippen LogP contribution in [0.2, 0.25) is 5.02 Å². The van der Waals surface area contributed by atoms with Gasteiger partial charge < -0.3 is 24.4 Å². The highest BCUT2D eigenvalue weighted by atomic mass is 35.5. The molecular formula is C21H27ClN2O6. The maximum atomic E-state index is 12.6. The minimum atomic E-state index is -0.643. The second-order valence-electron chi connectivity index (χ2n) is 7.83. The third kappa shape index (κ3) is 5.56. The number of carbonyl (C=O) groups is 3. The smallest absolute Gasteiger partial charge is 0.329 e. The molecule has 0 bridgehead atoms. The normalized spacial score (nSPS) is 18.1. The lowest BCUT2D eigenvalue weighted by molar-refractivity contribution is -0.158. The predicted molar refractivity (Wildman–Crippen MR) is 111 cm³/mol. The largest absolute Gasteiger partial charge is 0.486 e. The number of piperidine rings is 1. The van der Waals surface area contributed by atoms with Crippen LogP contribution in [0.1, 0.15) is 39.5 Å². The summed E-state index contributed by atoms with van der Waals surface area (Å²) in [4.78, 5) is 38.9. The van der Waals surface area contributed by atoms with Crippen molar-refractivity contribution in [3.63, 3.8) is 0 Å². The minimum absolute atomic E-state index is 0.0563. The standard InChI is InChI=1S/C21H27ClN2O6/c1-13(2)9-20(26)24-6-4-3-5-16(24)21(27)30-12-19(25)23-15-11-18-17(10-14(15)22)28-7-8-29-18/h10-11,13,16H,3-9,12H2,1-2H3,(H,23,25). The van der Waals surface area contributed by atoms with Gasteiger partial charge in [-0.3, -0.25) is 9.59 Å². The third-order valence-electron chi connectivity index (χ3n) is 4.93. The number of hydrogen-bond acceptors (Lipinski definition) is 6. The molecule has 164 valence electrons. The highest BCUT2D eigenvalue weighted by Gasteiger charge is 2.33. The maximum absolute atomic E-state index is 12.6. The average molecular weight is 439 g/mol. The second kappa shape index (κ2) is 10.0. The van der Waals surface area contributed by atoms with E-state index in [0.717, 1.165) is 12.8 Å². The number of benzene rings is 1. The number of nitrogens with zero attached hydrogens (tertiary/aromatic N) is 1. The Balaban J connectivity index is 1.56. The molecule has 0 aromatic heterocycles. The van der Waals surface area contributed by atoms with Crippen molar-refractivity contribution in [2.45, 2.75) is 45.6 Å². The summed E-state index contributed by atoms with van der Waals surface area (Å²) >= 11 is 6.18.